The quantitative estimate of drug-likeness (QED) is 0.0310. The number of allylic oxidation sites excluding steroid dienone is 2. The van der Waals surface area contributed by atoms with E-state index in [1.807, 2.05) is 0 Å². The summed E-state index contributed by atoms with van der Waals surface area (Å²) in [6, 6.07) is -0.998. The standard InChI is InChI=1S/C53H105NO5/c1-3-5-7-9-11-13-15-17-19-21-22-23-24-25-26-27-28-29-30-31-33-35-37-39-41-43-45-47-51(57)53(59)54-49(48-55)52(58)50(56)46-44-42-40-38-36-34-32-20-18-16-14-12-10-8-6-4-2/h38,40,49-52,55-58H,3-37,39,41-48H2,1-2H3,(H,54,59)/b40-38+. The second-order valence-corrected chi connectivity index (χ2v) is 18.6. The lowest BCUT2D eigenvalue weighted by molar-refractivity contribution is -0.132. The van der Waals surface area contributed by atoms with Gasteiger partial charge in [0.1, 0.15) is 12.2 Å². The smallest absolute Gasteiger partial charge is 0.249 e. The van der Waals surface area contributed by atoms with Gasteiger partial charge < -0.3 is 25.7 Å². The Morgan fingerprint density at radius 3 is 1.02 bits per heavy atom. The van der Waals surface area contributed by atoms with Crippen LogP contribution >= 0.6 is 0 Å². The maximum Gasteiger partial charge on any atom is 0.249 e. The molecular formula is C53H105NO5. The molecule has 0 aromatic carbocycles. The number of amides is 1. The molecule has 59 heavy (non-hydrogen) atoms. The molecule has 0 aromatic rings. The van der Waals surface area contributed by atoms with E-state index in [0.29, 0.717) is 12.8 Å². The number of carbonyl (C=O) groups is 1. The van der Waals surface area contributed by atoms with Crippen LogP contribution in [0.1, 0.15) is 290 Å². The molecule has 352 valence electrons. The molecule has 0 fully saturated rings. The van der Waals surface area contributed by atoms with Gasteiger partial charge in [0.25, 0.3) is 0 Å². The van der Waals surface area contributed by atoms with Gasteiger partial charge in [0, 0.05) is 0 Å². The molecule has 0 aliphatic carbocycles. The van der Waals surface area contributed by atoms with E-state index in [1.165, 1.54) is 225 Å². The largest absolute Gasteiger partial charge is 0.394 e. The third-order valence-electron chi connectivity index (χ3n) is 12.7. The van der Waals surface area contributed by atoms with Gasteiger partial charge in [0.2, 0.25) is 5.91 Å². The molecule has 4 unspecified atom stereocenters. The number of rotatable bonds is 49. The van der Waals surface area contributed by atoms with E-state index in [9.17, 15) is 25.2 Å². The van der Waals surface area contributed by atoms with Crippen molar-refractivity contribution < 1.29 is 25.2 Å². The molecule has 0 heterocycles. The van der Waals surface area contributed by atoms with Crippen LogP contribution in [0, 0.1) is 0 Å². The molecule has 6 nitrogen and oxygen atoms in total. The molecule has 0 rings (SSSR count). The molecule has 1 amide bonds. The molecule has 4 atom stereocenters. The van der Waals surface area contributed by atoms with Crippen LogP contribution in [0.4, 0.5) is 0 Å². The molecule has 0 aliphatic rings. The third-order valence-corrected chi connectivity index (χ3v) is 12.7. The van der Waals surface area contributed by atoms with Crippen molar-refractivity contribution in [3.63, 3.8) is 0 Å². The first kappa shape index (κ1) is 58.0. The Hall–Kier alpha value is -0.950. The highest BCUT2D eigenvalue weighted by molar-refractivity contribution is 5.80. The van der Waals surface area contributed by atoms with Crippen molar-refractivity contribution in [2.24, 2.45) is 0 Å². The number of aliphatic hydroxyl groups is 4. The number of hydrogen-bond donors (Lipinski definition) is 5. The van der Waals surface area contributed by atoms with E-state index in [0.717, 1.165) is 38.5 Å². The normalized spacial score (nSPS) is 13.9. The highest BCUT2D eigenvalue weighted by Gasteiger charge is 2.28. The van der Waals surface area contributed by atoms with Crippen molar-refractivity contribution in [2.75, 3.05) is 6.61 Å². The van der Waals surface area contributed by atoms with Gasteiger partial charge >= 0.3 is 0 Å². The van der Waals surface area contributed by atoms with Crippen molar-refractivity contribution in [3.05, 3.63) is 12.2 Å². The van der Waals surface area contributed by atoms with Crippen molar-refractivity contribution >= 4 is 5.91 Å². The maximum atomic E-state index is 12.6. The molecule has 5 N–H and O–H groups in total. The van der Waals surface area contributed by atoms with Crippen molar-refractivity contribution in [3.8, 4) is 0 Å². The van der Waals surface area contributed by atoms with E-state index in [-0.39, 0.29) is 0 Å². The highest BCUT2D eigenvalue weighted by atomic mass is 16.3. The number of carbonyl (C=O) groups excluding carboxylic acids is 1. The summed E-state index contributed by atoms with van der Waals surface area (Å²) in [4.78, 5) is 12.6. The molecular weight excluding hydrogens is 731 g/mol. The lowest BCUT2D eigenvalue weighted by Crippen LogP contribution is -2.53. The number of hydrogen-bond acceptors (Lipinski definition) is 5. The minimum Gasteiger partial charge on any atom is -0.394 e. The average Bonchev–Trinajstić information content (AvgIpc) is 3.24. The predicted octanol–water partition coefficient (Wildman–Crippen LogP) is 14.9. The van der Waals surface area contributed by atoms with Gasteiger partial charge in [-0.1, -0.05) is 264 Å². The zero-order chi connectivity index (χ0) is 43.1. The summed E-state index contributed by atoms with van der Waals surface area (Å²) in [5.74, 6) is -0.588. The van der Waals surface area contributed by atoms with Crippen molar-refractivity contribution in [1.82, 2.24) is 5.32 Å². The Bertz CT molecular complexity index is 852. The first-order chi connectivity index (χ1) is 29.0. The molecule has 0 radical (unpaired) electrons. The topological polar surface area (TPSA) is 110 Å². The Morgan fingerprint density at radius 1 is 0.407 bits per heavy atom. The molecule has 0 spiro atoms. The second-order valence-electron chi connectivity index (χ2n) is 18.6. The maximum absolute atomic E-state index is 12.6. The predicted molar refractivity (Wildman–Crippen MR) is 256 cm³/mol. The monoisotopic (exact) mass is 836 g/mol. The molecule has 0 aliphatic heterocycles. The van der Waals surface area contributed by atoms with E-state index < -0.39 is 36.9 Å². The summed E-state index contributed by atoms with van der Waals surface area (Å²) < 4.78 is 0. The number of nitrogens with one attached hydrogen (secondary N) is 1. The fraction of sp³-hybridized carbons (Fsp3) is 0.943. The van der Waals surface area contributed by atoms with Crippen LogP contribution in [0.15, 0.2) is 12.2 Å². The summed E-state index contributed by atoms with van der Waals surface area (Å²) in [5.41, 5.74) is 0. The molecule has 0 bridgehead atoms. The van der Waals surface area contributed by atoms with Gasteiger partial charge in [0.15, 0.2) is 0 Å². The summed E-state index contributed by atoms with van der Waals surface area (Å²) in [6.07, 6.45) is 55.6. The number of aliphatic hydroxyl groups excluding tert-OH is 4. The van der Waals surface area contributed by atoms with Crippen LogP contribution in [0.25, 0.3) is 0 Å². The van der Waals surface area contributed by atoms with Crippen LogP contribution in [0.3, 0.4) is 0 Å². The van der Waals surface area contributed by atoms with Crippen LogP contribution in [-0.4, -0.2) is 57.3 Å². The van der Waals surface area contributed by atoms with Crippen molar-refractivity contribution in [1.29, 1.82) is 0 Å². The molecule has 0 saturated carbocycles. The van der Waals surface area contributed by atoms with E-state index >= 15 is 0 Å². The Labute approximate surface area is 368 Å². The van der Waals surface area contributed by atoms with Gasteiger partial charge in [-0.25, -0.2) is 0 Å². The van der Waals surface area contributed by atoms with Crippen molar-refractivity contribution in [2.45, 2.75) is 314 Å². The van der Waals surface area contributed by atoms with Crippen LogP contribution in [0.2, 0.25) is 0 Å². The summed E-state index contributed by atoms with van der Waals surface area (Å²) >= 11 is 0. The Kier molecular flexibility index (Phi) is 47.3. The first-order valence-electron chi connectivity index (χ1n) is 26.6. The Balaban J connectivity index is 3.61. The van der Waals surface area contributed by atoms with Gasteiger partial charge in [-0.3, -0.25) is 4.79 Å². The molecule has 0 saturated heterocycles. The van der Waals surface area contributed by atoms with E-state index in [2.05, 4.69) is 31.3 Å². The van der Waals surface area contributed by atoms with E-state index in [4.69, 9.17) is 0 Å². The van der Waals surface area contributed by atoms with E-state index in [1.54, 1.807) is 0 Å². The minimum absolute atomic E-state index is 0.369. The zero-order valence-corrected chi connectivity index (χ0v) is 39.8. The lowest BCUT2D eigenvalue weighted by atomic mass is 10.00. The van der Waals surface area contributed by atoms with Crippen LogP contribution in [0.5, 0.6) is 0 Å². The van der Waals surface area contributed by atoms with Gasteiger partial charge in [-0.2, -0.15) is 0 Å². The van der Waals surface area contributed by atoms with Gasteiger partial charge in [0.05, 0.1) is 18.8 Å². The fourth-order valence-corrected chi connectivity index (χ4v) is 8.53. The SMILES string of the molecule is CCCCCCCCCCCCC/C=C/CCCC(O)C(O)C(CO)NC(=O)C(O)CCCCCCCCCCCCCCCCCCCCCCCCCCCCC. The number of unbranched alkanes of at least 4 members (excludes halogenated alkanes) is 38. The molecule has 6 heteroatoms. The minimum atomic E-state index is -1.28. The first-order valence-corrected chi connectivity index (χ1v) is 26.6. The fourth-order valence-electron chi connectivity index (χ4n) is 8.53. The summed E-state index contributed by atoms with van der Waals surface area (Å²) in [5, 5.41) is 43.8. The molecule has 0 aromatic heterocycles. The Morgan fingerprint density at radius 2 is 0.695 bits per heavy atom. The third kappa shape index (κ3) is 42.1. The second kappa shape index (κ2) is 48.1. The van der Waals surface area contributed by atoms with Gasteiger partial charge in [-0.05, 0) is 38.5 Å². The van der Waals surface area contributed by atoms with Crippen LogP contribution < -0.4 is 5.32 Å². The average molecular weight is 836 g/mol. The summed E-state index contributed by atoms with van der Waals surface area (Å²) in [6.45, 7) is 4.07. The van der Waals surface area contributed by atoms with Crippen LogP contribution in [-0.2, 0) is 4.79 Å². The lowest BCUT2D eigenvalue weighted by Gasteiger charge is -2.27. The highest BCUT2D eigenvalue weighted by Crippen LogP contribution is 2.18. The van der Waals surface area contributed by atoms with Gasteiger partial charge in [-0.15, -0.1) is 0 Å². The zero-order valence-electron chi connectivity index (χ0n) is 39.8. The summed E-state index contributed by atoms with van der Waals surface area (Å²) in [7, 11) is 0.